The minimum atomic E-state index is -1.51. The molecule has 1 aromatic rings. The van der Waals surface area contributed by atoms with Gasteiger partial charge in [0.15, 0.2) is 4.90 Å². The molecule has 1 aliphatic carbocycles. The van der Waals surface area contributed by atoms with Crippen LogP contribution in [0.5, 0.6) is 5.75 Å². The van der Waals surface area contributed by atoms with Crippen molar-refractivity contribution in [3.05, 3.63) is 23.3 Å². The number of carbonyl (C=O) groups excluding carboxylic acids is 2. The van der Waals surface area contributed by atoms with Crippen LogP contribution in [0.1, 0.15) is 36.8 Å². The molecular formula is C25H42N4O5S. The van der Waals surface area contributed by atoms with Crippen LogP contribution >= 0.6 is 0 Å². The first-order valence-electron chi connectivity index (χ1n) is 12.1. The van der Waals surface area contributed by atoms with Crippen LogP contribution in [0.2, 0.25) is 0 Å². The minimum Gasteiger partial charge on any atom is -0.593 e. The van der Waals surface area contributed by atoms with Gasteiger partial charge in [0.25, 0.3) is 0 Å². The van der Waals surface area contributed by atoms with Crippen molar-refractivity contribution in [1.29, 1.82) is 0 Å². The smallest absolute Gasteiger partial charge is 0.241 e. The van der Waals surface area contributed by atoms with Gasteiger partial charge in [-0.2, -0.15) is 0 Å². The van der Waals surface area contributed by atoms with Crippen molar-refractivity contribution in [2.24, 2.45) is 0 Å². The Balaban J connectivity index is 1.77. The van der Waals surface area contributed by atoms with E-state index in [1.54, 1.807) is 26.1 Å². The monoisotopic (exact) mass is 510 g/mol. The molecule has 0 aromatic heterocycles. The number of ether oxygens (including phenoxy) is 2. The Morgan fingerprint density at radius 3 is 2.23 bits per heavy atom. The normalized spacial score (nSPS) is 19.0. The second kappa shape index (κ2) is 14.0. The quantitative estimate of drug-likeness (QED) is 0.428. The van der Waals surface area contributed by atoms with Gasteiger partial charge in [-0.15, -0.1) is 4.31 Å². The molecule has 0 saturated heterocycles. The van der Waals surface area contributed by atoms with E-state index in [-0.39, 0.29) is 37.0 Å². The summed E-state index contributed by atoms with van der Waals surface area (Å²) >= 11 is -1.51. The zero-order chi connectivity index (χ0) is 26.1. The van der Waals surface area contributed by atoms with Crippen LogP contribution in [-0.4, -0.2) is 104 Å². The van der Waals surface area contributed by atoms with Gasteiger partial charge >= 0.3 is 0 Å². The predicted molar refractivity (Wildman–Crippen MR) is 138 cm³/mol. The van der Waals surface area contributed by atoms with E-state index in [9.17, 15) is 14.1 Å². The van der Waals surface area contributed by atoms with Crippen LogP contribution in [0.3, 0.4) is 0 Å². The summed E-state index contributed by atoms with van der Waals surface area (Å²) in [7, 11) is 9.07. The van der Waals surface area contributed by atoms with E-state index >= 15 is 0 Å². The van der Waals surface area contributed by atoms with Crippen molar-refractivity contribution in [3.63, 3.8) is 0 Å². The maximum absolute atomic E-state index is 13.0. The summed E-state index contributed by atoms with van der Waals surface area (Å²) in [6.45, 7) is 5.21. The summed E-state index contributed by atoms with van der Waals surface area (Å²) in [5, 5.41) is 2.68. The average Bonchev–Trinajstić information content (AvgIpc) is 2.81. The van der Waals surface area contributed by atoms with Crippen molar-refractivity contribution in [2.45, 2.75) is 56.6 Å². The Bertz CT molecular complexity index is 822. The molecule has 10 heteroatoms. The molecule has 1 N–H and O–H groups in total. The highest BCUT2D eigenvalue weighted by atomic mass is 32.2. The van der Waals surface area contributed by atoms with Crippen LogP contribution in [-0.2, 0) is 25.7 Å². The fourth-order valence-corrected chi connectivity index (χ4v) is 5.50. The van der Waals surface area contributed by atoms with E-state index in [1.165, 1.54) is 4.31 Å². The number of carbonyl (C=O) groups is 2. The van der Waals surface area contributed by atoms with Crippen molar-refractivity contribution in [1.82, 2.24) is 19.4 Å². The number of benzene rings is 1. The average molecular weight is 511 g/mol. The van der Waals surface area contributed by atoms with Gasteiger partial charge in [0.2, 0.25) is 11.8 Å². The van der Waals surface area contributed by atoms with E-state index in [4.69, 9.17) is 9.47 Å². The number of amides is 2. The molecule has 198 valence electrons. The molecule has 1 saturated carbocycles. The number of methoxy groups -OCH3 is 1. The lowest BCUT2D eigenvalue weighted by molar-refractivity contribution is -0.134. The van der Waals surface area contributed by atoms with Gasteiger partial charge in [0, 0.05) is 37.8 Å². The molecule has 0 heterocycles. The van der Waals surface area contributed by atoms with Crippen LogP contribution in [0, 0.1) is 13.8 Å². The van der Waals surface area contributed by atoms with E-state index in [1.807, 2.05) is 40.1 Å². The van der Waals surface area contributed by atoms with Crippen LogP contribution in [0.15, 0.2) is 17.0 Å². The van der Waals surface area contributed by atoms with Gasteiger partial charge in [-0.05, 0) is 65.8 Å². The highest BCUT2D eigenvalue weighted by Crippen LogP contribution is 2.28. The maximum Gasteiger partial charge on any atom is 0.241 e. The fraction of sp³-hybridized carbons (Fsp3) is 0.680. The molecule has 2 amide bonds. The summed E-state index contributed by atoms with van der Waals surface area (Å²) in [4.78, 5) is 29.6. The summed E-state index contributed by atoms with van der Waals surface area (Å²) in [5.41, 5.74) is 1.67. The maximum atomic E-state index is 13.0. The molecule has 0 radical (unpaired) electrons. The first kappa shape index (κ1) is 29.4. The number of aryl methyl sites for hydroxylation is 2. The highest BCUT2D eigenvalue weighted by Gasteiger charge is 2.28. The minimum absolute atomic E-state index is 0.0737. The molecule has 2 rings (SSSR count). The van der Waals surface area contributed by atoms with Gasteiger partial charge in [-0.1, -0.05) is 0 Å². The van der Waals surface area contributed by atoms with E-state index in [0.29, 0.717) is 10.6 Å². The zero-order valence-electron chi connectivity index (χ0n) is 22.3. The second-order valence-electron chi connectivity index (χ2n) is 9.51. The zero-order valence-corrected chi connectivity index (χ0v) is 23.1. The lowest BCUT2D eigenvalue weighted by Crippen LogP contribution is -2.47. The Hall–Kier alpha value is -1.85. The second-order valence-corrected chi connectivity index (χ2v) is 11.0. The number of nitrogens with one attached hydrogen (secondary N) is 1. The first-order valence-corrected chi connectivity index (χ1v) is 13.2. The Morgan fingerprint density at radius 2 is 1.69 bits per heavy atom. The summed E-state index contributed by atoms with van der Waals surface area (Å²) in [5.74, 6) is 0.236. The number of likely N-dealkylation sites (N-methyl/N-ethyl adjacent to an activating group) is 3. The number of rotatable bonds is 12. The van der Waals surface area contributed by atoms with Gasteiger partial charge in [-0.3, -0.25) is 9.59 Å². The third-order valence-corrected chi connectivity index (χ3v) is 8.10. The summed E-state index contributed by atoms with van der Waals surface area (Å²) in [6.07, 6.45) is 3.91. The van der Waals surface area contributed by atoms with Gasteiger partial charge < -0.3 is 29.1 Å². The van der Waals surface area contributed by atoms with Gasteiger partial charge in [0.05, 0.1) is 37.7 Å². The topological polar surface area (TPSA) is 97.4 Å². The Morgan fingerprint density at radius 1 is 1.09 bits per heavy atom. The Kier molecular flexibility index (Phi) is 11.8. The third kappa shape index (κ3) is 8.95. The number of nitrogens with zero attached hydrogens (tertiary/aromatic N) is 3. The van der Waals surface area contributed by atoms with Crippen LogP contribution < -0.4 is 10.1 Å². The molecule has 35 heavy (non-hydrogen) atoms. The standard InChI is InChI=1S/C25H42N4O5S/c1-18-14-22(33-7)15-19(2)25(18)35(32)28(5)17-23(30)26-16-24(31)29(6)20-8-10-21(11-9-20)34-13-12-27(3)4/h14-15,20-21H,8-13,16-17H2,1-7H3,(H,26,30)/t20-,21+,35?. The molecule has 1 fully saturated rings. The third-order valence-electron chi connectivity index (χ3n) is 6.41. The lowest BCUT2D eigenvalue weighted by atomic mass is 9.92. The molecule has 1 unspecified atom stereocenters. The van der Waals surface area contributed by atoms with E-state index in [0.717, 1.165) is 50.0 Å². The molecule has 9 nitrogen and oxygen atoms in total. The molecule has 1 aliphatic rings. The molecule has 0 bridgehead atoms. The summed E-state index contributed by atoms with van der Waals surface area (Å²) in [6, 6.07) is 3.81. The van der Waals surface area contributed by atoms with Crippen molar-refractivity contribution in [2.75, 3.05) is 61.5 Å². The van der Waals surface area contributed by atoms with Crippen molar-refractivity contribution >= 4 is 23.2 Å². The number of hydrogen-bond acceptors (Lipinski definition) is 7. The SMILES string of the molecule is COc1cc(C)c([S+]([O-])N(C)CC(=O)NCC(=O)N(C)[C@H]2CC[C@@H](OCCN(C)C)CC2)c(C)c1. The highest BCUT2D eigenvalue weighted by molar-refractivity contribution is 7.89. The predicted octanol–water partition coefficient (Wildman–Crippen LogP) is 1.73. The largest absolute Gasteiger partial charge is 0.593 e. The van der Waals surface area contributed by atoms with E-state index in [2.05, 4.69) is 10.2 Å². The molecule has 0 spiro atoms. The molecule has 1 atom stereocenters. The summed E-state index contributed by atoms with van der Waals surface area (Å²) < 4.78 is 25.7. The van der Waals surface area contributed by atoms with E-state index < -0.39 is 11.4 Å². The molecule has 1 aromatic carbocycles. The Labute approximate surface area is 213 Å². The lowest BCUT2D eigenvalue weighted by Gasteiger charge is -2.34. The van der Waals surface area contributed by atoms with Crippen LogP contribution in [0.4, 0.5) is 0 Å². The number of hydrogen-bond donors (Lipinski definition) is 1. The first-order chi connectivity index (χ1) is 16.5. The fourth-order valence-electron chi connectivity index (χ4n) is 4.28. The van der Waals surface area contributed by atoms with Crippen molar-refractivity contribution < 1.29 is 23.6 Å². The van der Waals surface area contributed by atoms with Gasteiger partial charge in [-0.25, -0.2) is 0 Å². The van der Waals surface area contributed by atoms with Crippen LogP contribution in [0.25, 0.3) is 0 Å². The molecule has 0 aliphatic heterocycles. The van der Waals surface area contributed by atoms with Crippen molar-refractivity contribution in [3.8, 4) is 5.75 Å². The van der Waals surface area contributed by atoms with Gasteiger partial charge in [0.1, 0.15) is 12.3 Å². The molecular weight excluding hydrogens is 468 g/mol.